The number of pyridine rings is 1. The molecule has 3 heteroatoms. The van der Waals surface area contributed by atoms with Gasteiger partial charge in [0.25, 0.3) is 0 Å². The van der Waals surface area contributed by atoms with Crippen molar-refractivity contribution in [1.29, 1.82) is 0 Å². The minimum absolute atomic E-state index is 0.594. The van der Waals surface area contributed by atoms with Crippen LogP contribution in [0.1, 0.15) is 24.1 Å². The lowest BCUT2D eigenvalue weighted by molar-refractivity contribution is 0.326. The van der Waals surface area contributed by atoms with Crippen LogP contribution in [0.3, 0.4) is 0 Å². The van der Waals surface area contributed by atoms with Crippen LogP contribution in [-0.4, -0.2) is 23.0 Å². The molecule has 1 saturated heterocycles. The summed E-state index contributed by atoms with van der Waals surface area (Å²) in [6, 6.07) is 4.02. The van der Waals surface area contributed by atoms with E-state index in [4.69, 9.17) is 5.73 Å². The molecule has 2 N–H and O–H groups in total. The van der Waals surface area contributed by atoms with Crippen molar-refractivity contribution in [2.45, 2.75) is 25.9 Å². The van der Waals surface area contributed by atoms with Crippen LogP contribution in [0.4, 0.5) is 0 Å². The summed E-state index contributed by atoms with van der Waals surface area (Å²) >= 11 is 0. The van der Waals surface area contributed by atoms with E-state index in [0.29, 0.717) is 6.54 Å². The van der Waals surface area contributed by atoms with Gasteiger partial charge in [-0.3, -0.25) is 9.88 Å². The van der Waals surface area contributed by atoms with Gasteiger partial charge in [-0.1, -0.05) is 6.07 Å². The number of nitrogens with two attached hydrogens (primary N) is 1. The maximum Gasteiger partial charge on any atom is 0.0588 e. The molecular formula is C11H17N3. The Labute approximate surface area is 84.9 Å². The fraction of sp³-hybridized carbons (Fsp3) is 0.545. The Kier molecular flexibility index (Phi) is 3.11. The Hall–Kier alpha value is -0.930. The summed E-state index contributed by atoms with van der Waals surface area (Å²) in [6.45, 7) is 3.98. The average Bonchev–Trinajstić information content (AvgIpc) is 2.71. The van der Waals surface area contributed by atoms with E-state index in [9.17, 15) is 0 Å². The normalized spacial score (nSPS) is 17.5. The molecule has 0 unspecified atom stereocenters. The molecule has 0 saturated carbocycles. The molecular weight excluding hydrogens is 174 g/mol. The van der Waals surface area contributed by atoms with Crippen LogP contribution in [0.2, 0.25) is 0 Å². The van der Waals surface area contributed by atoms with E-state index in [-0.39, 0.29) is 0 Å². The van der Waals surface area contributed by atoms with Gasteiger partial charge in [-0.05, 0) is 37.6 Å². The largest absolute Gasteiger partial charge is 0.326 e. The summed E-state index contributed by atoms with van der Waals surface area (Å²) in [7, 11) is 0. The van der Waals surface area contributed by atoms with Gasteiger partial charge in [0.05, 0.1) is 5.69 Å². The first-order chi connectivity index (χ1) is 6.90. The predicted octanol–water partition coefficient (Wildman–Crippen LogP) is 1.14. The maximum atomic E-state index is 5.67. The molecule has 0 aliphatic carbocycles. The lowest BCUT2D eigenvalue weighted by atomic mass is 10.2. The van der Waals surface area contributed by atoms with Crippen molar-refractivity contribution in [3.05, 3.63) is 29.6 Å². The quantitative estimate of drug-likeness (QED) is 0.779. The molecule has 1 aliphatic rings. The van der Waals surface area contributed by atoms with E-state index >= 15 is 0 Å². The number of nitrogens with zero attached hydrogens (tertiary/aromatic N) is 2. The third kappa shape index (κ3) is 2.11. The molecule has 1 aliphatic heterocycles. The zero-order valence-electron chi connectivity index (χ0n) is 8.45. The van der Waals surface area contributed by atoms with Crippen molar-refractivity contribution >= 4 is 0 Å². The topological polar surface area (TPSA) is 42.1 Å². The Morgan fingerprint density at radius 3 is 2.86 bits per heavy atom. The van der Waals surface area contributed by atoms with Gasteiger partial charge in [0.1, 0.15) is 0 Å². The van der Waals surface area contributed by atoms with Gasteiger partial charge in [0.2, 0.25) is 0 Å². The molecule has 3 nitrogen and oxygen atoms in total. The molecule has 1 aromatic rings. The molecule has 0 bridgehead atoms. The molecule has 0 amide bonds. The summed E-state index contributed by atoms with van der Waals surface area (Å²) in [6.07, 6.45) is 4.50. The van der Waals surface area contributed by atoms with Gasteiger partial charge in [-0.2, -0.15) is 0 Å². The first kappa shape index (κ1) is 9.62. The van der Waals surface area contributed by atoms with Crippen molar-refractivity contribution in [1.82, 2.24) is 9.88 Å². The van der Waals surface area contributed by atoms with Crippen LogP contribution < -0.4 is 5.73 Å². The first-order valence-corrected chi connectivity index (χ1v) is 5.25. The highest BCUT2D eigenvalue weighted by Gasteiger charge is 2.13. The zero-order valence-corrected chi connectivity index (χ0v) is 8.45. The summed E-state index contributed by atoms with van der Waals surface area (Å²) in [5.41, 5.74) is 8.00. The second-order valence-electron chi connectivity index (χ2n) is 3.80. The minimum atomic E-state index is 0.594. The SMILES string of the molecule is NCc1cccnc1CN1CCCC1. The van der Waals surface area contributed by atoms with Crippen molar-refractivity contribution < 1.29 is 0 Å². The lowest BCUT2D eigenvalue weighted by Gasteiger charge is -2.15. The number of hydrogen-bond donors (Lipinski definition) is 1. The van der Waals surface area contributed by atoms with E-state index in [2.05, 4.69) is 16.0 Å². The molecule has 0 spiro atoms. The van der Waals surface area contributed by atoms with Crippen LogP contribution in [0.5, 0.6) is 0 Å². The fourth-order valence-electron chi connectivity index (χ4n) is 1.95. The average molecular weight is 191 g/mol. The summed E-state index contributed by atoms with van der Waals surface area (Å²) in [5.74, 6) is 0. The van der Waals surface area contributed by atoms with E-state index in [1.54, 1.807) is 0 Å². The molecule has 1 fully saturated rings. The highest BCUT2D eigenvalue weighted by molar-refractivity contribution is 5.19. The molecule has 0 aromatic carbocycles. The van der Waals surface area contributed by atoms with Crippen LogP contribution in [0.25, 0.3) is 0 Å². The Morgan fingerprint density at radius 2 is 2.14 bits per heavy atom. The monoisotopic (exact) mass is 191 g/mol. The molecule has 2 heterocycles. The molecule has 1 aromatic heterocycles. The molecule has 14 heavy (non-hydrogen) atoms. The number of likely N-dealkylation sites (tertiary alicyclic amines) is 1. The number of rotatable bonds is 3. The highest BCUT2D eigenvalue weighted by Crippen LogP contribution is 2.13. The van der Waals surface area contributed by atoms with Gasteiger partial charge in [0, 0.05) is 19.3 Å². The highest BCUT2D eigenvalue weighted by atomic mass is 15.1. The number of hydrogen-bond acceptors (Lipinski definition) is 3. The summed E-state index contributed by atoms with van der Waals surface area (Å²) < 4.78 is 0. The van der Waals surface area contributed by atoms with Crippen LogP contribution in [-0.2, 0) is 13.1 Å². The van der Waals surface area contributed by atoms with E-state index in [1.165, 1.54) is 31.5 Å². The predicted molar refractivity (Wildman–Crippen MR) is 56.6 cm³/mol. The van der Waals surface area contributed by atoms with E-state index < -0.39 is 0 Å². The third-order valence-corrected chi connectivity index (χ3v) is 2.78. The van der Waals surface area contributed by atoms with Crippen molar-refractivity contribution in [2.75, 3.05) is 13.1 Å². The Balaban J connectivity index is 2.07. The van der Waals surface area contributed by atoms with Crippen molar-refractivity contribution in [3.63, 3.8) is 0 Å². The summed E-state index contributed by atoms with van der Waals surface area (Å²) in [4.78, 5) is 6.84. The van der Waals surface area contributed by atoms with E-state index in [0.717, 1.165) is 12.2 Å². The number of aromatic nitrogens is 1. The smallest absolute Gasteiger partial charge is 0.0588 e. The van der Waals surface area contributed by atoms with Crippen LogP contribution >= 0.6 is 0 Å². The standard InChI is InChI=1S/C11H17N3/c12-8-10-4-3-5-13-11(10)9-14-6-1-2-7-14/h3-5H,1-2,6-9,12H2. The second-order valence-corrected chi connectivity index (χ2v) is 3.80. The van der Waals surface area contributed by atoms with E-state index in [1.807, 2.05) is 12.3 Å². The van der Waals surface area contributed by atoms with Gasteiger partial charge < -0.3 is 5.73 Å². The molecule has 0 radical (unpaired) electrons. The molecule has 2 rings (SSSR count). The Bertz CT molecular complexity index is 292. The maximum absolute atomic E-state index is 5.67. The lowest BCUT2D eigenvalue weighted by Crippen LogP contribution is -2.20. The summed E-state index contributed by atoms with van der Waals surface area (Å²) in [5, 5.41) is 0. The van der Waals surface area contributed by atoms with Crippen LogP contribution in [0.15, 0.2) is 18.3 Å². The van der Waals surface area contributed by atoms with Crippen molar-refractivity contribution in [2.24, 2.45) is 5.73 Å². The van der Waals surface area contributed by atoms with Gasteiger partial charge in [0.15, 0.2) is 0 Å². The van der Waals surface area contributed by atoms with Crippen molar-refractivity contribution in [3.8, 4) is 0 Å². The fourth-order valence-corrected chi connectivity index (χ4v) is 1.95. The van der Waals surface area contributed by atoms with Crippen LogP contribution in [0, 0.1) is 0 Å². The minimum Gasteiger partial charge on any atom is -0.326 e. The molecule has 76 valence electrons. The van der Waals surface area contributed by atoms with Gasteiger partial charge >= 0.3 is 0 Å². The second kappa shape index (κ2) is 4.53. The third-order valence-electron chi connectivity index (χ3n) is 2.78. The molecule has 0 atom stereocenters. The zero-order chi connectivity index (χ0) is 9.80. The van der Waals surface area contributed by atoms with Gasteiger partial charge in [-0.25, -0.2) is 0 Å². The Morgan fingerprint density at radius 1 is 1.36 bits per heavy atom. The van der Waals surface area contributed by atoms with Gasteiger partial charge in [-0.15, -0.1) is 0 Å². The first-order valence-electron chi connectivity index (χ1n) is 5.25.